The highest BCUT2D eigenvalue weighted by molar-refractivity contribution is 7.09. The number of H-pyrrole nitrogens is 2. The van der Waals surface area contributed by atoms with Crippen LogP contribution in [0.5, 0.6) is 0 Å². The molecule has 3 rings (SSSR count). The molecular formula is C15H18N4O3S. The molecule has 2 aromatic rings. The molecule has 0 aliphatic carbocycles. The zero-order valence-corrected chi connectivity index (χ0v) is 13.4. The Labute approximate surface area is 136 Å². The summed E-state index contributed by atoms with van der Waals surface area (Å²) >= 11 is 1.73. The van der Waals surface area contributed by atoms with E-state index in [4.69, 9.17) is 0 Å². The van der Waals surface area contributed by atoms with E-state index in [9.17, 15) is 14.4 Å². The van der Waals surface area contributed by atoms with Gasteiger partial charge in [-0.3, -0.25) is 19.5 Å². The van der Waals surface area contributed by atoms with Gasteiger partial charge in [-0.2, -0.15) is 0 Å². The van der Waals surface area contributed by atoms with Crippen molar-refractivity contribution in [1.29, 1.82) is 0 Å². The van der Waals surface area contributed by atoms with Crippen LogP contribution in [-0.2, 0) is 6.54 Å². The smallest absolute Gasteiger partial charge is 0.325 e. The first-order chi connectivity index (χ1) is 11.1. The highest BCUT2D eigenvalue weighted by atomic mass is 32.1. The van der Waals surface area contributed by atoms with Crippen LogP contribution in [0.4, 0.5) is 0 Å². The van der Waals surface area contributed by atoms with Gasteiger partial charge in [-0.15, -0.1) is 11.3 Å². The predicted octanol–water partition coefficient (Wildman–Crippen LogP) is 0.473. The molecule has 7 nitrogen and oxygen atoms in total. The second-order valence-electron chi connectivity index (χ2n) is 5.49. The minimum absolute atomic E-state index is 0.0173. The van der Waals surface area contributed by atoms with Crippen molar-refractivity contribution in [1.82, 2.24) is 19.8 Å². The van der Waals surface area contributed by atoms with Crippen molar-refractivity contribution in [2.75, 3.05) is 26.2 Å². The maximum Gasteiger partial charge on any atom is 0.325 e. The number of hydrogen-bond donors (Lipinski definition) is 2. The van der Waals surface area contributed by atoms with Crippen LogP contribution in [0, 0.1) is 0 Å². The maximum absolute atomic E-state index is 12.5. The molecule has 0 aromatic carbocycles. The van der Waals surface area contributed by atoms with Crippen LogP contribution in [0.2, 0.25) is 0 Å². The van der Waals surface area contributed by atoms with Crippen molar-refractivity contribution in [3.8, 4) is 0 Å². The lowest BCUT2D eigenvalue weighted by molar-refractivity contribution is 0.0759. The summed E-state index contributed by atoms with van der Waals surface area (Å²) in [6.45, 7) is 3.76. The standard InChI is InChI=1S/C15H18N4O3S/c20-13-12(9-16-15(22)17-13)14(21)19-5-2-4-18(6-7-19)10-11-3-1-8-23-11/h1,3,8-9H,2,4-7,10H2,(H2,16,17,20,22). The molecule has 3 heterocycles. The molecule has 0 atom stereocenters. The number of nitrogens with one attached hydrogen (secondary N) is 2. The van der Waals surface area contributed by atoms with Gasteiger partial charge < -0.3 is 9.88 Å². The van der Waals surface area contributed by atoms with Crippen molar-refractivity contribution in [2.45, 2.75) is 13.0 Å². The summed E-state index contributed by atoms with van der Waals surface area (Å²) < 4.78 is 0. The van der Waals surface area contributed by atoms with Gasteiger partial charge in [0.05, 0.1) is 0 Å². The van der Waals surface area contributed by atoms with Crippen LogP contribution in [-0.4, -0.2) is 51.9 Å². The molecule has 1 aliphatic rings. The van der Waals surface area contributed by atoms with Crippen LogP contribution >= 0.6 is 11.3 Å². The molecule has 1 fully saturated rings. The van der Waals surface area contributed by atoms with Crippen molar-refractivity contribution in [3.63, 3.8) is 0 Å². The normalized spacial score (nSPS) is 16.3. The van der Waals surface area contributed by atoms with Gasteiger partial charge in [0.25, 0.3) is 11.5 Å². The van der Waals surface area contributed by atoms with Gasteiger partial charge >= 0.3 is 5.69 Å². The Morgan fingerprint density at radius 2 is 2.09 bits per heavy atom. The molecule has 0 saturated carbocycles. The third-order valence-electron chi connectivity index (χ3n) is 3.88. The van der Waals surface area contributed by atoms with E-state index in [2.05, 4.69) is 26.3 Å². The highest BCUT2D eigenvalue weighted by Crippen LogP contribution is 2.14. The average Bonchev–Trinajstić information content (AvgIpc) is 2.91. The SMILES string of the molecule is O=C(c1c[nH]c(=O)[nH]c1=O)N1CCCN(Cc2cccs2)CC1. The molecule has 0 radical (unpaired) electrons. The van der Waals surface area contributed by atoms with E-state index in [-0.39, 0.29) is 11.5 Å². The molecule has 1 aliphatic heterocycles. The Balaban J connectivity index is 1.66. The molecule has 1 amide bonds. The minimum Gasteiger partial charge on any atom is -0.337 e. The maximum atomic E-state index is 12.5. The number of aromatic amines is 2. The van der Waals surface area contributed by atoms with E-state index in [1.54, 1.807) is 16.2 Å². The van der Waals surface area contributed by atoms with Gasteiger partial charge in [0.2, 0.25) is 0 Å². The largest absolute Gasteiger partial charge is 0.337 e. The number of hydrogen-bond acceptors (Lipinski definition) is 5. The lowest BCUT2D eigenvalue weighted by Crippen LogP contribution is -2.39. The van der Waals surface area contributed by atoms with Crippen molar-refractivity contribution in [3.05, 3.63) is 55.0 Å². The van der Waals surface area contributed by atoms with E-state index >= 15 is 0 Å². The third-order valence-corrected chi connectivity index (χ3v) is 4.75. The van der Waals surface area contributed by atoms with Crippen molar-refractivity contribution >= 4 is 17.2 Å². The highest BCUT2D eigenvalue weighted by Gasteiger charge is 2.22. The summed E-state index contributed by atoms with van der Waals surface area (Å²) in [5.41, 5.74) is -1.26. The molecule has 8 heteroatoms. The molecule has 0 bridgehead atoms. The van der Waals surface area contributed by atoms with Gasteiger partial charge in [0.15, 0.2) is 0 Å². The molecule has 1 saturated heterocycles. The number of aromatic nitrogens is 2. The minimum atomic E-state index is -0.640. The predicted molar refractivity (Wildman–Crippen MR) is 87.8 cm³/mol. The van der Waals surface area contributed by atoms with Crippen LogP contribution in [0.3, 0.4) is 0 Å². The molecule has 23 heavy (non-hydrogen) atoms. The van der Waals surface area contributed by atoms with E-state index < -0.39 is 11.2 Å². The molecular weight excluding hydrogens is 316 g/mol. The fourth-order valence-corrected chi connectivity index (χ4v) is 3.44. The summed E-state index contributed by atoms with van der Waals surface area (Å²) in [6.07, 6.45) is 2.05. The first-order valence-electron chi connectivity index (χ1n) is 7.49. The van der Waals surface area contributed by atoms with E-state index in [0.29, 0.717) is 13.1 Å². The van der Waals surface area contributed by atoms with Crippen molar-refractivity contribution < 1.29 is 4.79 Å². The van der Waals surface area contributed by atoms with Gasteiger partial charge in [-0.1, -0.05) is 6.07 Å². The third kappa shape index (κ3) is 3.77. The average molecular weight is 334 g/mol. The number of carbonyl (C=O) groups is 1. The summed E-state index contributed by atoms with van der Waals surface area (Å²) in [6, 6.07) is 4.15. The van der Waals surface area contributed by atoms with Gasteiger partial charge in [0, 0.05) is 43.8 Å². The van der Waals surface area contributed by atoms with E-state index in [1.165, 1.54) is 11.1 Å². The molecule has 0 spiro atoms. The Hall–Kier alpha value is -2.19. The molecule has 2 N–H and O–H groups in total. The second-order valence-corrected chi connectivity index (χ2v) is 6.52. The zero-order chi connectivity index (χ0) is 16.2. The quantitative estimate of drug-likeness (QED) is 0.854. The first kappa shape index (κ1) is 15.7. The Kier molecular flexibility index (Phi) is 4.73. The van der Waals surface area contributed by atoms with Gasteiger partial charge in [-0.05, 0) is 17.9 Å². The molecule has 0 unspecified atom stereocenters. The molecule has 122 valence electrons. The number of rotatable bonds is 3. The summed E-state index contributed by atoms with van der Waals surface area (Å²) in [7, 11) is 0. The molecule has 2 aromatic heterocycles. The van der Waals surface area contributed by atoms with Crippen LogP contribution in [0.1, 0.15) is 21.7 Å². The van der Waals surface area contributed by atoms with E-state index in [1.807, 2.05) is 6.07 Å². The summed E-state index contributed by atoms with van der Waals surface area (Å²) in [5, 5.41) is 2.06. The van der Waals surface area contributed by atoms with Crippen LogP contribution in [0.15, 0.2) is 33.3 Å². The number of carbonyl (C=O) groups excluding carboxylic acids is 1. The Morgan fingerprint density at radius 3 is 2.83 bits per heavy atom. The van der Waals surface area contributed by atoms with Crippen LogP contribution < -0.4 is 11.2 Å². The summed E-state index contributed by atoms with van der Waals surface area (Å²) in [5.74, 6) is -0.333. The van der Waals surface area contributed by atoms with Gasteiger partial charge in [0.1, 0.15) is 5.56 Å². The topological polar surface area (TPSA) is 89.3 Å². The number of amides is 1. The van der Waals surface area contributed by atoms with E-state index in [0.717, 1.165) is 26.1 Å². The monoisotopic (exact) mass is 334 g/mol. The van der Waals surface area contributed by atoms with Gasteiger partial charge in [-0.25, -0.2) is 4.79 Å². The van der Waals surface area contributed by atoms with Crippen LogP contribution in [0.25, 0.3) is 0 Å². The number of nitrogens with zero attached hydrogens (tertiary/aromatic N) is 2. The Bertz CT molecular complexity index is 781. The fraction of sp³-hybridized carbons (Fsp3) is 0.400. The second kappa shape index (κ2) is 6.93. The lowest BCUT2D eigenvalue weighted by Gasteiger charge is -2.21. The first-order valence-corrected chi connectivity index (χ1v) is 8.37. The fourth-order valence-electron chi connectivity index (χ4n) is 2.69. The lowest BCUT2D eigenvalue weighted by atomic mass is 10.2. The number of thiophene rings is 1. The van der Waals surface area contributed by atoms with Crippen molar-refractivity contribution in [2.24, 2.45) is 0 Å². The zero-order valence-electron chi connectivity index (χ0n) is 12.6. The summed E-state index contributed by atoms with van der Waals surface area (Å²) in [4.78, 5) is 45.0. The Morgan fingerprint density at radius 1 is 1.22 bits per heavy atom.